The summed E-state index contributed by atoms with van der Waals surface area (Å²) in [7, 11) is 1.37. The first-order valence-electron chi connectivity index (χ1n) is 7.45. The Bertz CT molecular complexity index is 536. The average Bonchev–Trinajstić information content (AvgIpc) is 2.49. The summed E-state index contributed by atoms with van der Waals surface area (Å²) in [5, 5.41) is 2.68. The molecule has 0 bridgehead atoms. The second-order valence-electron chi connectivity index (χ2n) is 5.46. The smallest absolute Gasteiger partial charge is 0.307 e. The maximum absolute atomic E-state index is 13.1. The summed E-state index contributed by atoms with van der Waals surface area (Å²) in [5.74, 6) is -0.857. The van der Waals surface area contributed by atoms with Crippen LogP contribution in [0.2, 0.25) is 0 Å². The molecule has 0 radical (unpaired) electrons. The van der Waals surface area contributed by atoms with Gasteiger partial charge in [0.2, 0.25) is 5.91 Å². The SMILES string of the molecule is COC(=O)C[C@H]1CCCCN1CC(=O)Nc1cccc(F)c1. The maximum Gasteiger partial charge on any atom is 0.307 e. The molecule has 1 aromatic rings. The van der Waals surface area contributed by atoms with E-state index in [2.05, 4.69) is 5.32 Å². The number of rotatable bonds is 5. The molecule has 0 spiro atoms. The van der Waals surface area contributed by atoms with Gasteiger partial charge >= 0.3 is 5.97 Å². The van der Waals surface area contributed by atoms with Crippen LogP contribution in [0.1, 0.15) is 25.7 Å². The van der Waals surface area contributed by atoms with Gasteiger partial charge in [0, 0.05) is 11.7 Å². The van der Waals surface area contributed by atoms with Crippen LogP contribution in [0.4, 0.5) is 10.1 Å². The second-order valence-corrected chi connectivity index (χ2v) is 5.46. The Balaban J connectivity index is 1.91. The van der Waals surface area contributed by atoms with E-state index in [9.17, 15) is 14.0 Å². The highest BCUT2D eigenvalue weighted by Gasteiger charge is 2.26. The van der Waals surface area contributed by atoms with E-state index < -0.39 is 0 Å². The van der Waals surface area contributed by atoms with Gasteiger partial charge in [-0.15, -0.1) is 0 Å². The van der Waals surface area contributed by atoms with Crippen LogP contribution in [0, 0.1) is 5.82 Å². The number of methoxy groups -OCH3 is 1. The Labute approximate surface area is 129 Å². The van der Waals surface area contributed by atoms with Crippen molar-refractivity contribution < 1.29 is 18.7 Å². The van der Waals surface area contributed by atoms with Crippen molar-refractivity contribution in [3.8, 4) is 0 Å². The molecule has 1 aromatic carbocycles. The van der Waals surface area contributed by atoms with Gasteiger partial charge in [-0.1, -0.05) is 12.5 Å². The van der Waals surface area contributed by atoms with Gasteiger partial charge in [-0.05, 0) is 37.6 Å². The number of hydrogen-bond donors (Lipinski definition) is 1. The lowest BCUT2D eigenvalue weighted by molar-refractivity contribution is -0.142. The van der Waals surface area contributed by atoms with Crippen molar-refractivity contribution in [1.82, 2.24) is 4.90 Å². The number of amides is 1. The summed E-state index contributed by atoms with van der Waals surface area (Å²) < 4.78 is 17.8. The molecule has 2 rings (SSSR count). The topological polar surface area (TPSA) is 58.6 Å². The van der Waals surface area contributed by atoms with E-state index in [0.29, 0.717) is 12.1 Å². The summed E-state index contributed by atoms with van der Waals surface area (Å²) in [4.78, 5) is 25.5. The Morgan fingerprint density at radius 3 is 2.95 bits per heavy atom. The third-order valence-electron chi connectivity index (χ3n) is 3.83. The monoisotopic (exact) mass is 308 g/mol. The number of anilines is 1. The molecule has 0 unspecified atom stereocenters. The number of nitrogens with one attached hydrogen (secondary N) is 1. The van der Waals surface area contributed by atoms with E-state index in [1.807, 2.05) is 4.90 Å². The van der Waals surface area contributed by atoms with Crippen LogP contribution in [0.3, 0.4) is 0 Å². The van der Waals surface area contributed by atoms with Gasteiger partial charge in [-0.25, -0.2) is 4.39 Å². The minimum Gasteiger partial charge on any atom is -0.469 e. The average molecular weight is 308 g/mol. The maximum atomic E-state index is 13.1. The highest BCUT2D eigenvalue weighted by Crippen LogP contribution is 2.20. The molecule has 1 N–H and O–H groups in total. The Morgan fingerprint density at radius 2 is 2.23 bits per heavy atom. The Hall–Kier alpha value is -1.95. The van der Waals surface area contributed by atoms with Crippen molar-refractivity contribution in [2.24, 2.45) is 0 Å². The van der Waals surface area contributed by atoms with Gasteiger partial charge in [0.1, 0.15) is 5.82 Å². The molecule has 1 amide bonds. The van der Waals surface area contributed by atoms with Crippen LogP contribution in [0.15, 0.2) is 24.3 Å². The number of esters is 1. The molecule has 6 heteroatoms. The molecule has 120 valence electrons. The standard InChI is InChI=1S/C16H21FN2O3/c1-22-16(21)10-14-7-2-3-8-19(14)11-15(20)18-13-6-4-5-12(17)9-13/h4-6,9,14H,2-3,7-8,10-11H2,1H3,(H,18,20)/t14-/m1/s1. The lowest BCUT2D eigenvalue weighted by atomic mass is 9.99. The van der Waals surface area contributed by atoms with Crippen molar-refractivity contribution in [3.63, 3.8) is 0 Å². The lowest BCUT2D eigenvalue weighted by Crippen LogP contribution is -2.45. The van der Waals surface area contributed by atoms with Crippen LogP contribution in [0.25, 0.3) is 0 Å². The summed E-state index contributed by atoms with van der Waals surface area (Å²) in [6.45, 7) is 0.969. The molecule has 1 aliphatic heterocycles. The quantitative estimate of drug-likeness (QED) is 0.847. The predicted molar refractivity (Wildman–Crippen MR) is 80.9 cm³/mol. The van der Waals surface area contributed by atoms with Gasteiger partial charge in [0.15, 0.2) is 0 Å². The van der Waals surface area contributed by atoms with Crippen LogP contribution in [0.5, 0.6) is 0 Å². The van der Waals surface area contributed by atoms with Crippen LogP contribution in [-0.2, 0) is 14.3 Å². The first-order chi connectivity index (χ1) is 10.6. The zero-order valence-electron chi connectivity index (χ0n) is 12.7. The van der Waals surface area contributed by atoms with Gasteiger partial charge in [0.05, 0.1) is 20.1 Å². The largest absolute Gasteiger partial charge is 0.469 e. The number of halogens is 1. The third-order valence-corrected chi connectivity index (χ3v) is 3.83. The number of hydrogen-bond acceptors (Lipinski definition) is 4. The van der Waals surface area contributed by atoms with Crippen molar-refractivity contribution >= 4 is 17.6 Å². The Morgan fingerprint density at radius 1 is 1.41 bits per heavy atom. The molecule has 1 atom stereocenters. The van der Waals surface area contributed by atoms with E-state index in [0.717, 1.165) is 25.8 Å². The molecule has 0 aromatic heterocycles. The number of carbonyl (C=O) groups is 2. The number of ether oxygens (including phenoxy) is 1. The normalized spacial score (nSPS) is 18.7. The number of nitrogens with zero attached hydrogens (tertiary/aromatic N) is 1. The lowest BCUT2D eigenvalue weighted by Gasteiger charge is -2.34. The highest BCUT2D eigenvalue weighted by atomic mass is 19.1. The van der Waals surface area contributed by atoms with Gasteiger partial charge in [-0.2, -0.15) is 0 Å². The zero-order chi connectivity index (χ0) is 15.9. The fourth-order valence-electron chi connectivity index (χ4n) is 2.73. The van der Waals surface area contributed by atoms with Crippen LogP contribution in [-0.4, -0.2) is 43.0 Å². The van der Waals surface area contributed by atoms with Gasteiger partial charge in [0.25, 0.3) is 0 Å². The molecule has 1 heterocycles. The first kappa shape index (κ1) is 16.4. The van der Waals surface area contributed by atoms with Crippen molar-refractivity contribution in [2.75, 3.05) is 25.5 Å². The van der Waals surface area contributed by atoms with E-state index in [1.165, 1.54) is 19.2 Å². The summed E-state index contributed by atoms with van der Waals surface area (Å²) in [6.07, 6.45) is 3.22. The number of piperidine rings is 1. The molecule has 0 aliphatic carbocycles. The van der Waals surface area contributed by atoms with Gasteiger partial charge < -0.3 is 10.1 Å². The highest BCUT2D eigenvalue weighted by molar-refractivity contribution is 5.92. The number of benzene rings is 1. The number of likely N-dealkylation sites (tertiary alicyclic amines) is 1. The molecule has 1 saturated heterocycles. The summed E-state index contributed by atoms with van der Waals surface area (Å²) >= 11 is 0. The second kappa shape index (κ2) is 7.89. The molecule has 5 nitrogen and oxygen atoms in total. The number of carbonyl (C=O) groups excluding carboxylic acids is 2. The van der Waals surface area contributed by atoms with E-state index in [-0.39, 0.29) is 30.3 Å². The van der Waals surface area contributed by atoms with E-state index in [4.69, 9.17) is 4.74 Å². The predicted octanol–water partition coefficient (Wildman–Crippen LogP) is 2.18. The summed E-state index contributed by atoms with van der Waals surface area (Å²) in [6, 6.07) is 5.82. The Kier molecular flexibility index (Phi) is 5.89. The van der Waals surface area contributed by atoms with Crippen LogP contribution >= 0.6 is 0 Å². The van der Waals surface area contributed by atoms with E-state index >= 15 is 0 Å². The van der Waals surface area contributed by atoms with Crippen molar-refractivity contribution in [1.29, 1.82) is 0 Å². The molecule has 1 aliphatic rings. The zero-order valence-corrected chi connectivity index (χ0v) is 12.7. The minimum absolute atomic E-state index is 0.0273. The molecule has 0 saturated carbocycles. The van der Waals surface area contributed by atoms with Gasteiger partial charge in [-0.3, -0.25) is 14.5 Å². The molecular weight excluding hydrogens is 287 g/mol. The fourth-order valence-corrected chi connectivity index (χ4v) is 2.73. The fraction of sp³-hybridized carbons (Fsp3) is 0.500. The van der Waals surface area contributed by atoms with Crippen LogP contribution < -0.4 is 5.32 Å². The van der Waals surface area contributed by atoms with Crippen molar-refractivity contribution in [2.45, 2.75) is 31.7 Å². The first-order valence-corrected chi connectivity index (χ1v) is 7.45. The molecule has 22 heavy (non-hydrogen) atoms. The minimum atomic E-state index is -0.389. The molecular formula is C16H21FN2O3. The molecule has 1 fully saturated rings. The third kappa shape index (κ3) is 4.80. The van der Waals surface area contributed by atoms with Crippen molar-refractivity contribution in [3.05, 3.63) is 30.1 Å². The summed E-state index contributed by atoms with van der Waals surface area (Å²) in [5.41, 5.74) is 0.437. The van der Waals surface area contributed by atoms with E-state index in [1.54, 1.807) is 12.1 Å².